The molecule has 0 aromatic heterocycles. The first-order valence-corrected chi connectivity index (χ1v) is 10.0. The average molecular weight is 349 g/mol. The van der Waals surface area contributed by atoms with Gasteiger partial charge in [-0.05, 0) is 51.7 Å². The lowest BCUT2D eigenvalue weighted by molar-refractivity contribution is -0.140. The van der Waals surface area contributed by atoms with E-state index in [1.54, 1.807) is 0 Å². The van der Waals surface area contributed by atoms with E-state index in [4.69, 9.17) is 0 Å². The maximum atomic E-state index is 12.4. The molecule has 3 aliphatic rings. The molecule has 2 unspecified atom stereocenters. The second kappa shape index (κ2) is 8.79. The molecule has 0 aromatic rings. The number of amides is 3. The van der Waals surface area contributed by atoms with Crippen LogP contribution in [0.15, 0.2) is 0 Å². The predicted octanol–water partition coefficient (Wildman–Crippen LogP) is 1.54. The lowest BCUT2D eigenvalue weighted by Gasteiger charge is -2.26. The van der Waals surface area contributed by atoms with Gasteiger partial charge in [-0.25, -0.2) is 0 Å². The molecule has 25 heavy (non-hydrogen) atoms. The first-order chi connectivity index (χ1) is 12.2. The Kier molecular flexibility index (Phi) is 6.45. The topological polar surface area (TPSA) is 69.7 Å². The molecule has 1 aliphatic carbocycles. The van der Waals surface area contributed by atoms with Crippen molar-refractivity contribution in [3.05, 3.63) is 0 Å². The highest BCUT2D eigenvalue weighted by atomic mass is 16.2. The van der Waals surface area contributed by atoms with Crippen LogP contribution in [0, 0.1) is 11.8 Å². The van der Waals surface area contributed by atoms with Crippen molar-refractivity contribution in [2.24, 2.45) is 11.8 Å². The molecule has 2 heterocycles. The molecular weight excluding hydrogens is 318 g/mol. The lowest BCUT2D eigenvalue weighted by atomic mass is 9.81. The van der Waals surface area contributed by atoms with Gasteiger partial charge in [0, 0.05) is 19.5 Å². The van der Waals surface area contributed by atoms with Crippen molar-refractivity contribution in [1.29, 1.82) is 0 Å². The minimum Gasteiger partial charge on any atom is -0.356 e. The molecular formula is C19H31N3O3. The Bertz CT molecular complexity index is 478. The highest BCUT2D eigenvalue weighted by Gasteiger charge is 2.47. The third kappa shape index (κ3) is 4.60. The molecule has 3 fully saturated rings. The fourth-order valence-corrected chi connectivity index (χ4v) is 4.47. The van der Waals surface area contributed by atoms with E-state index < -0.39 is 0 Å². The standard InChI is InChI=1S/C19H31N3O3/c23-17(20-10-6-13-21-11-4-1-5-12-21)9-14-22-18(24)15-7-2-3-8-16(15)19(22)25/h15-16H,1-14H2,(H,20,23). The van der Waals surface area contributed by atoms with Gasteiger partial charge in [-0.15, -0.1) is 0 Å². The fraction of sp³-hybridized carbons (Fsp3) is 0.842. The van der Waals surface area contributed by atoms with Gasteiger partial charge in [0.15, 0.2) is 0 Å². The Labute approximate surface area is 150 Å². The van der Waals surface area contributed by atoms with Crippen LogP contribution in [0.1, 0.15) is 57.8 Å². The predicted molar refractivity (Wildman–Crippen MR) is 94.7 cm³/mol. The zero-order valence-corrected chi connectivity index (χ0v) is 15.2. The Morgan fingerprint density at radius 2 is 1.56 bits per heavy atom. The molecule has 2 aliphatic heterocycles. The molecule has 6 nitrogen and oxygen atoms in total. The number of nitrogens with one attached hydrogen (secondary N) is 1. The Hall–Kier alpha value is -1.43. The summed E-state index contributed by atoms with van der Waals surface area (Å²) >= 11 is 0. The minimum absolute atomic E-state index is 0.0485. The number of imide groups is 1. The molecule has 140 valence electrons. The maximum absolute atomic E-state index is 12.4. The largest absolute Gasteiger partial charge is 0.356 e. The van der Waals surface area contributed by atoms with E-state index in [1.165, 1.54) is 37.3 Å². The number of carbonyl (C=O) groups excluding carboxylic acids is 3. The number of fused-ring (bicyclic) bond motifs is 1. The molecule has 0 radical (unpaired) electrons. The number of nitrogens with zero attached hydrogens (tertiary/aromatic N) is 2. The molecule has 6 heteroatoms. The van der Waals surface area contributed by atoms with Gasteiger partial charge in [0.25, 0.3) is 0 Å². The minimum atomic E-state index is -0.117. The zero-order chi connectivity index (χ0) is 17.6. The van der Waals surface area contributed by atoms with E-state index in [-0.39, 0.29) is 42.5 Å². The van der Waals surface area contributed by atoms with Gasteiger partial charge >= 0.3 is 0 Å². The van der Waals surface area contributed by atoms with Crippen LogP contribution >= 0.6 is 0 Å². The first kappa shape index (κ1) is 18.4. The monoisotopic (exact) mass is 349 g/mol. The molecule has 0 aromatic carbocycles. The molecule has 2 atom stereocenters. The van der Waals surface area contributed by atoms with Gasteiger partial charge in [-0.1, -0.05) is 19.3 Å². The molecule has 2 saturated heterocycles. The van der Waals surface area contributed by atoms with Crippen molar-refractivity contribution in [2.75, 3.05) is 32.7 Å². The second-order valence-corrected chi connectivity index (χ2v) is 7.68. The number of likely N-dealkylation sites (tertiary alicyclic amines) is 2. The SMILES string of the molecule is O=C(CCN1C(=O)C2CCCCC2C1=O)NCCCN1CCCCC1. The number of piperidine rings is 1. The number of hydrogen-bond donors (Lipinski definition) is 1. The summed E-state index contributed by atoms with van der Waals surface area (Å²) in [6, 6.07) is 0. The summed E-state index contributed by atoms with van der Waals surface area (Å²) in [5.41, 5.74) is 0. The van der Waals surface area contributed by atoms with Crippen LogP contribution in [0.5, 0.6) is 0 Å². The van der Waals surface area contributed by atoms with Crippen molar-refractivity contribution >= 4 is 17.7 Å². The highest BCUT2D eigenvalue weighted by Crippen LogP contribution is 2.37. The number of rotatable bonds is 7. The molecule has 0 bridgehead atoms. The van der Waals surface area contributed by atoms with Crippen LogP contribution in [0.25, 0.3) is 0 Å². The van der Waals surface area contributed by atoms with Crippen LogP contribution < -0.4 is 5.32 Å². The van der Waals surface area contributed by atoms with E-state index in [0.29, 0.717) is 6.54 Å². The van der Waals surface area contributed by atoms with E-state index in [9.17, 15) is 14.4 Å². The summed E-state index contributed by atoms with van der Waals surface area (Å²) < 4.78 is 0. The summed E-state index contributed by atoms with van der Waals surface area (Å²) in [6.07, 6.45) is 8.80. The fourth-order valence-electron chi connectivity index (χ4n) is 4.47. The summed E-state index contributed by atoms with van der Waals surface area (Å²) in [5.74, 6) is -0.392. The Morgan fingerprint density at radius 1 is 0.920 bits per heavy atom. The number of hydrogen-bond acceptors (Lipinski definition) is 4. The van der Waals surface area contributed by atoms with Gasteiger partial charge in [0.2, 0.25) is 17.7 Å². The normalized spacial score (nSPS) is 27.4. The van der Waals surface area contributed by atoms with Gasteiger partial charge in [0.05, 0.1) is 11.8 Å². The second-order valence-electron chi connectivity index (χ2n) is 7.68. The van der Waals surface area contributed by atoms with Crippen LogP contribution in [0.4, 0.5) is 0 Å². The number of carbonyl (C=O) groups is 3. The van der Waals surface area contributed by atoms with Crippen molar-refractivity contribution in [3.63, 3.8) is 0 Å². The zero-order valence-electron chi connectivity index (χ0n) is 15.2. The quantitative estimate of drug-likeness (QED) is 0.559. The van der Waals surface area contributed by atoms with Crippen molar-refractivity contribution in [2.45, 2.75) is 57.8 Å². The summed E-state index contributed by atoms with van der Waals surface area (Å²) in [5, 5.41) is 2.92. The van der Waals surface area contributed by atoms with Crippen molar-refractivity contribution < 1.29 is 14.4 Å². The lowest BCUT2D eigenvalue weighted by Crippen LogP contribution is -2.36. The van der Waals surface area contributed by atoms with E-state index >= 15 is 0 Å². The third-order valence-electron chi connectivity index (χ3n) is 5.92. The van der Waals surface area contributed by atoms with Gasteiger partial charge in [-0.2, -0.15) is 0 Å². The van der Waals surface area contributed by atoms with E-state index in [2.05, 4.69) is 10.2 Å². The summed E-state index contributed by atoms with van der Waals surface area (Å²) in [4.78, 5) is 40.5. The van der Waals surface area contributed by atoms with Crippen LogP contribution in [-0.4, -0.2) is 60.2 Å². The van der Waals surface area contributed by atoms with Crippen LogP contribution in [0.2, 0.25) is 0 Å². The molecule has 0 spiro atoms. The van der Waals surface area contributed by atoms with Gasteiger partial charge in [0.1, 0.15) is 0 Å². The van der Waals surface area contributed by atoms with E-state index in [0.717, 1.165) is 38.6 Å². The van der Waals surface area contributed by atoms with Crippen LogP contribution in [-0.2, 0) is 14.4 Å². The summed E-state index contributed by atoms with van der Waals surface area (Å²) in [6.45, 7) is 4.29. The Morgan fingerprint density at radius 3 is 2.20 bits per heavy atom. The van der Waals surface area contributed by atoms with Crippen LogP contribution in [0.3, 0.4) is 0 Å². The van der Waals surface area contributed by atoms with Gasteiger partial charge < -0.3 is 10.2 Å². The van der Waals surface area contributed by atoms with Gasteiger partial charge in [-0.3, -0.25) is 19.3 Å². The average Bonchev–Trinajstić information content (AvgIpc) is 2.89. The highest BCUT2D eigenvalue weighted by molar-refractivity contribution is 6.05. The van der Waals surface area contributed by atoms with Crippen molar-refractivity contribution in [1.82, 2.24) is 15.1 Å². The molecule has 3 amide bonds. The maximum Gasteiger partial charge on any atom is 0.233 e. The smallest absolute Gasteiger partial charge is 0.233 e. The van der Waals surface area contributed by atoms with E-state index in [1.807, 2.05) is 0 Å². The molecule has 1 N–H and O–H groups in total. The molecule has 3 rings (SSSR count). The van der Waals surface area contributed by atoms with Crippen molar-refractivity contribution in [3.8, 4) is 0 Å². The Balaban J connectivity index is 1.33. The third-order valence-corrected chi connectivity index (χ3v) is 5.92. The summed E-state index contributed by atoms with van der Waals surface area (Å²) in [7, 11) is 0. The first-order valence-electron chi connectivity index (χ1n) is 10.0. The molecule has 1 saturated carbocycles.